The van der Waals surface area contributed by atoms with Gasteiger partial charge in [0.1, 0.15) is 0 Å². The fourth-order valence-corrected chi connectivity index (χ4v) is 8.07. The lowest BCUT2D eigenvalue weighted by Gasteiger charge is -2.17. The van der Waals surface area contributed by atoms with Crippen LogP contribution in [0, 0.1) is 23.7 Å². The molecule has 4 saturated carbocycles. The Kier molecular flexibility index (Phi) is 1.96. The normalized spacial score (nSPS) is 46.2. The zero-order valence-electron chi connectivity index (χ0n) is 9.16. The van der Waals surface area contributed by atoms with Gasteiger partial charge in [-0.25, -0.2) is 8.42 Å². The minimum absolute atomic E-state index is 0.121. The summed E-state index contributed by atoms with van der Waals surface area (Å²) < 4.78 is 25.3. The number of benzene rings is 1. The maximum Gasteiger partial charge on any atom is 0.181 e. The third-order valence-electron chi connectivity index (χ3n) is 4.84. The quantitative estimate of drug-likeness (QED) is 0.786. The molecule has 0 radical (unpaired) electrons. The molecule has 1 aromatic rings. The lowest BCUT2D eigenvalue weighted by Crippen LogP contribution is -2.27. The Morgan fingerprint density at radius 3 is 2.24 bits per heavy atom. The third-order valence-corrected chi connectivity index (χ3v) is 8.44. The van der Waals surface area contributed by atoms with Gasteiger partial charge in [0.15, 0.2) is 9.84 Å². The number of sulfone groups is 1. The van der Waals surface area contributed by atoms with E-state index >= 15 is 0 Å². The van der Waals surface area contributed by atoms with E-state index in [9.17, 15) is 8.42 Å². The van der Waals surface area contributed by atoms with Gasteiger partial charge in [0, 0.05) is 4.83 Å². The average Bonchev–Trinajstić information content (AvgIpc) is 2.64. The molecule has 4 fully saturated rings. The van der Waals surface area contributed by atoms with E-state index in [1.807, 2.05) is 18.2 Å². The molecule has 17 heavy (non-hydrogen) atoms. The molecule has 4 aliphatic rings. The molecular weight excluding hydrogens is 300 g/mol. The van der Waals surface area contributed by atoms with Crippen LogP contribution in [0.2, 0.25) is 0 Å². The summed E-state index contributed by atoms with van der Waals surface area (Å²) in [7, 11) is -3.12. The molecule has 4 bridgehead atoms. The van der Waals surface area contributed by atoms with E-state index in [1.54, 1.807) is 12.1 Å². The standard InChI is InChI=1S/C13H13BrO2S/c14-12-9-6-8-10(12)11(8)13(9)17(15,16)7-4-2-1-3-5-7/h1-5,8-13H,6H2/t8-,9-,10+,11-,12+,13+/m0/s1. The minimum Gasteiger partial charge on any atom is -0.223 e. The van der Waals surface area contributed by atoms with Gasteiger partial charge in [0.05, 0.1) is 10.1 Å². The molecule has 6 atom stereocenters. The van der Waals surface area contributed by atoms with Crippen molar-refractivity contribution in [3.63, 3.8) is 0 Å². The lowest BCUT2D eigenvalue weighted by atomic mass is 10.1. The summed E-state index contributed by atoms with van der Waals surface area (Å²) in [6.07, 6.45) is 1.11. The number of alkyl halides is 1. The second-order valence-corrected chi connectivity index (χ2v) is 8.65. The highest BCUT2D eigenvalue weighted by molar-refractivity contribution is 9.09. The van der Waals surface area contributed by atoms with E-state index < -0.39 is 9.84 Å². The molecule has 0 spiro atoms. The molecule has 0 N–H and O–H groups in total. The second-order valence-electron chi connectivity index (χ2n) is 5.49. The van der Waals surface area contributed by atoms with Crippen molar-refractivity contribution < 1.29 is 8.42 Å². The Balaban J connectivity index is 1.78. The Bertz CT molecular complexity index is 568. The molecule has 0 aliphatic heterocycles. The number of halogens is 1. The molecule has 0 heterocycles. The molecule has 90 valence electrons. The van der Waals surface area contributed by atoms with Crippen LogP contribution in [0.5, 0.6) is 0 Å². The number of hydrogen-bond acceptors (Lipinski definition) is 2. The van der Waals surface area contributed by atoms with Crippen LogP contribution in [0.4, 0.5) is 0 Å². The van der Waals surface area contributed by atoms with E-state index in [2.05, 4.69) is 15.9 Å². The monoisotopic (exact) mass is 312 g/mol. The van der Waals surface area contributed by atoms with Gasteiger partial charge in [-0.15, -0.1) is 0 Å². The molecule has 0 saturated heterocycles. The second kappa shape index (κ2) is 3.15. The summed E-state index contributed by atoms with van der Waals surface area (Å²) in [5, 5.41) is -0.121. The summed E-state index contributed by atoms with van der Waals surface area (Å²) in [6.45, 7) is 0. The molecule has 2 nitrogen and oxygen atoms in total. The van der Waals surface area contributed by atoms with E-state index in [0.29, 0.717) is 33.4 Å². The predicted octanol–water partition coefficient (Wildman–Crippen LogP) is 2.49. The van der Waals surface area contributed by atoms with Gasteiger partial charge in [-0.3, -0.25) is 0 Å². The van der Waals surface area contributed by atoms with Crippen LogP contribution in [0.25, 0.3) is 0 Å². The van der Waals surface area contributed by atoms with Gasteiger partial charge < -0.3 is 0 Å². The molecule has 0 unspecified atom stereocenters. The summed E-state index contributed by atoms with van der Waals surface area (Å²) >= 11 is 3.69. The maximum absolute atomic E-state index is 12.6. The van der Waals surface area contributed by atoms with Crippen LogP contribution in [0.3, 0.4) is 0 Å². The van der Waals surface area contributed by atoms with Gasteiger partial charge in [-0.05, 0) is 42.2 Å². The SMILES string of the molecule is O=S(=O)(c1ccccc1)[C@@H]1[C@H]2C[C@H]3[C@@H]([C@@H]2Br)[C@H]31. The number of rotatable bonds is 2. The van der Waals surface area contributed by atoms with Crippen molar-refractivity contribution in [2.45, 2.75) is 21.4 Å². The first-order chi connectivity index (χ1) is 8.12. The van der Waals surface area contributed by atoms with Crippen LogP contribution in [-0.2, 0) is 9.84 Å². The van der Waals surface area contributed by atoms with Crippen molar-refractivity contribution >= 4 is 25.8 Å². The zero-order valence-corrected chi connectivity index (χ0v) is 11.6. The first-order valence-electron chi connectivity index (χ1n) is 6.05. The van der Waals surface area contributed by atoms with Crippen molar-refractivity contribution in [1.82, 2.24) is 0 Å². The largest absolute Gasteiger partial charge is 0.223 e. The van der Waals surface area contributed by atoms with Crippen molar-refractivity contribution in [2.75, 3.05) is 0 Å². The topological polar surface area (TPSA) is 34.1 Å². The summed E-state index contributed by atoms with van der Waals surface area (Å²) in [5.41, 5.74) is 0. The summed E-state index contributed by atoms with van der Waals surface area (Å²) in [5.74, 6) is 2.12. The first-order valence-corrected chi connectivity index (χ1v) is 8.51. The van der Waals surface area contributed by atoms with Crippen molar-refractivity contribution in [1.29, 1.82) is 0 Å². The van der Waals surface area contributed by atoms with Crippen molar-refractivity contribution in [3.8, 4) is 0 Å². The third kappa shape index (κ3) is 1.18. The highest BCUT2D eigenvalue weighted by Crippen LogP contribution is 2.74. The number of hydrogen-bond donors (Lipinski definition) is 0. The Hall–Kier alpha value is -0.350. The Morgan fingerprint density at radius 1 is 1.06 bits per heavy atom. The molecule has 1 aromatic carbocycles. The van der Waals surface area contributed by atoms with Crippen LogP contribution in [-0.4, -0.2) is 18.5 Å². The van der Waals surface area contributed by atoms with Crippen LogP contribution >= 0.6 is 15.9 Å². The van der Waals surface area contributed by atoms with E-state index in [0.717, 1.165) is 6.42 Å². The summed E-state index contributed by atoms with van der Waals surface area (Å²) in [4.78, 5) is 0.948. The van der Waals surface area contributed by atoms with Crippen LogP contribution in [0.15, 0.2) is 35.2 Å². The zero-order chi connectivity index (χ0) is 11.8. The fourth-order valence-electron chi connectivity index (χ4n) is 4.19. The molecular formula is C13H13BrO2S. The first kappa shape index (κ1) is 10.6. The van der Waals surface area contributed by atoms with Gasteiger partial charge in [-0.2, -0.15) is 0 Å². The van der Waals surface area contributed by atoms with Gasteiger partial charge in [0.25, 0.3) is 0 Å². The van der Waals surface area contributed by atoms with Crippen molar-refractivity contribution in [3.05, 3.63) is 30.3 Å². The van der Waals surface area contributed by atoms with Gasteiger partial charge >= 0.3 is 0 Å². The maximum atomic E-state index is 12.6. The lowest BCUT2D eigenvalue weighted by molar-refractivity contribution is 0.547. The van der Waals surface area contributed by atoms with E-state index in [4.69, 9.17) is 0 Å². The van der Waals surface area contributed by atoms with E-state index in [1.165, 1.54) is 0 Å². The van der Waals surface area contributed by atoms with Gasteiger partial charge in [0.2, 0.25) is 0 Å². The molecule has 0 amide bonds. The average molecular weight is 313 g/mol. The van der Waals surface area contributed by atoms with Crippen LogP contribution < -0.4 is 0 Å². The molecule has 0 aromatic heterocycles. The molecule has 4 heteroatoms. The van der Waals surface area contributed by atoms with Crippen LogP contribution in [0.1, 0.15) is 6.42 Å². The summed E-state index contributed by atoms with van der Waals surface area (Å²) in [6, 6.07) is 8.93. The Morgan fingerprint density at radius 2 is 1.76 bits per heavy atom. The van der Waals surface area contributed by atoms with Gasteiger partial charge in [-0.1, -0.05) is 34.1 Å². The smallest absolute Gasteiger partial charge is 0.181 e. The molecule has 4 aliphatic carbocycles. The van der Waals surface area contributed by atoms with E-state index in [-0.39, 0.29) is 5.25 Å². The highest BCUT2D eigenvalue weighted by atomic mass is 79.9. The van der Waals surface area contributed by atoms with Crippen molar-refractivity contribution in [2.24, 2.45) is 23.7 Å². The highest BCUT2D eigenvalue weighted by Gasteiger charge is 2.75. The fraction of sp³-hybridized carbons (Fsp3) is 0.538. The predicted molar refractivity (Wildman–Crippen MR) is 68.7 cm³/mol. The molecule has 5 rings (SSSR count). The minimum atomic E-state index is -3.12. The Labute approximate surface area is 109 Å².